The van der Waals surface area contributed by atoms with Gasteiger partial charge in [0.15, 0.2) is 0 Å². The zero-order chi connectivity index (χ0) is 15.1. The molecule has 0 radical (unpaired) electrons. The van der Waals surface area contributed by atoms with Crippen LogP contribution in [0.15, 0.2) is 18.2 Å². The Morgan fingerprint density at radius 2 is 2.05 bits per heavy atom. The molecule has 1 atom stereocenters. The molecule has 0 aliphatic heterocycles. The summed E-state index contributed by atoms with van der Waals surface area (Å²) in [4.78, 5) is 22.4. The standard InChI is InChI=1S/C13H16F2N2O3/c1-8(18)17-12(13(19)20-2)7-16-6-9-5-10(14)3-4-11(9)15/h3-5,12,16H,6-7H2,1-2H3,(H,17,18). The molecule has 1 aromatic carbocycles. The van der Waals surface area contributed by atoms with Crippen molar-refractivity contribution < 1.29 is 23.1 Å². The lowest BCUT2D eigenvalue weighted by molar-refractivity contribution is -0.144. The SMILES string of the molecule is COC(=O)C(CNCc1cc(F)ccc1F)NC(C)=O. The van der Waals surface area contributed by atoms with Gasteiger partial charge in [0.2, 0.25) is 5.91 Å². The van der Waals surface area contributed by atoms with Crippen molar-refractivity contribution in [2.24, 2.45) is 0 Å². The van der Waals surface area contributed by atoms with E-state index < -0.39 is 23.6 Å². The van der Waals surface area contributed by atoms with Crippen molar-refractivity contribution in [1.29, 1.82) is 0 Å². The van der Waals surface area contributed by atoms with Crippen LogP contribution in [0.5, 0.6) is 0 Å². The summed E-state index contributed by atoms with van der Waals surface area (Å²) in [5, 5.41) is 5.17. The first kappa shape index (κ1) is 16.0. The molecule has 0 aromatic heterocycles. The van der Waals surface area contributed by atoms with Gasteiger partial charge in [-0.25, -0.2) is 13.6 Å². The molecule has 1 aromatic rings. The molecule has 0 saturated carbocycles. The van der Waals surface area contributed by atoms with Crippen LogP contribution >= 0.6 is 0 Å². The number of carbonyl (C=O) groups excluding carboxylic acids is 2. The van der Waals surface area contributed by atoms with Gasteiger partial charge < -0.3 is 15.4 Å². The molecule has 0 aliphatic carbocycles. The molecule has 110 valence electrons. The smallest absolute Gasteiger partial charge is 0.329 e. The second-order valence-electron chi connectivity index (χ2n) is 4.14. The highest BCUT2D eigenvalue weighted by molar-refractivity contribution is 5.83. The molecule has 2 N–H and O–H groups in total. The maximum absolute atomic E-state index is 13.4. The van der Waals surface area contributed by atoms with E-state index in [0.717, 1.165) is 18.2 Å². The molecule has 0 fully saturated rings. The maximum atomic E-state index is 13.4. The highest BCUT2D eigenvalue weighted by Gasteiger charge is 2.19. The van der Waals surface area contributed by atoms with Crippen LogP contribution in [0.4, 0.5) is 8.78 Å². The lowest BCUT2D eigenvalue weighted by Gasteiger charge is -2.16. The normalized spacial score (nSPS) is 11.8. The summed E-state index contributed by atoms with van der Waals surface area (Å²) < 4.78 is 30.9. The highest BCUT2D eigenvalue weighted by atomic mass is 19.1. The van der Waals surface area contributed by atoms with E-state index in [2.05, 4.69) is 15.4 Å². The lowest BCUT2D eigenvalue weighted by Crippen LogP contribution is -2.47. The van der Waals surface area contributed by atoms with E-state index in [0.29, 0.717) is 0 Å². The van der Waals surface area contributed by atoms with E-state index in [4.69, 9.17) is 0 Å². The van der Waals surface area contributed by atoms with E-state index in [1.54, 1.807) is 0 Å². The van der Waals surface area contributed by atoms with Crippen LogP contribution in [0.2, 0.25) is 0 Å². The fraction of sp³-hybridized carbons (Fsp3) is 0.385. The van der Waals surface area contributed by atoms with Crippen LogP contribution in [0.25, 0.3) is 0 Å². The number of hydrogen-bond acceptors (Lipinski definition) is 4. The molecule has 7 heteroatoms. The third-order valence-electron chi connectivity index (χ3n) is 2.53. The topological polar surface area (TPSA) is 67.4 Å². The number of nitrogens with one attached hydrogen (secondary N) is 2. The van der Waals surface area contributed by atoms with Crippen molar-refractivity contribution in [3.8, 4) is 0 Å². The molecule has 5 nitrogen and oxygen atoms in total. The molecule has 1 unspecified atom stereocenters. The summed E-state index contributed by atoms with van der Waals surface area (Å²) in [6.07, 6.45) is 0. The Morgan fingerprint density at radius 1 is 1.35 bits per heavy atom. The fourth-order valence-corrected chi connectivity index (χ4v) is 1.61. The molecule has 20 heavy (non-hydrogen) atoms. The molecule has 0 heterocycles. The number of hydrogen-bond donors (Lipinski definition) is 2. The number of methoxy groups -OCH3 is 1. The van der Waals surface area contributed by atoms with Gasteiger partial charge >= 0.3 is 5.97 Å². The van der Waals surface area contributed by atoms with Crippen molar-refractivity contribution in [3.63, 3.8) is 0 Å². The van der Waals surface area contributed by atoms with E-state index in [1.807, 2.05) is 0 Å². The fourth-order valence-electron chi connectivity index (χ4n) is 1.61. The Balaban J connectivity index is 2.57. The lowest BCUT2D eigenvalue weighted by atomic mass is 10.2. The van der Waals surface area contributed by atoms with Crippen molar-refractivity contribution in [2.45, 2.75) is 19.5 Å². The van der Waals surface area contributed by atoms with Gasteiger partial charge in [0, 0.05) is 25.6 Å². The van der Waals surface area contributed by atoms with E-state index in [9.17, 15) is 18.4 Å². The van der Waals surface area contributed by atoms with Crippen LogP contribution in [0.1, 0.15) is 12.5 Å². The van der Waals surface area contributed by atoms with Crippen LogP contribution in [0.3, 0.4) is 0 Å². The molecular formula is C13H16F2N2O3. The zero-order valence-corrected chi connectivity index (χ0v) is 11.2. The molecule has 0 aliphatic rings. The molecule has 0 spiro atoms. The third-order valence-corrected chi connectivity index (χ3v) is 2.53. The summed E-state index contributed by atoms with van der Waals surface area (Å²) in [7, 11) is 1.20. The summed E-state index contributed by atoms with van der Waals surface area (Å²) in [5.41, 5.74) is 0.136. The van der Waals surface area contributed by atoms with Gasteiger partial charge in [-0.1, -0.05) is 0 Å². The van der Waals surface area contributed by atoms with Crippen LogP contribution in [0, 0.1) is 11.6 Å². The monoisotopic (exact) mass is 286 g/mol. The van der Waals surface area contributed by atoms with E-state index >= 15 is 0 Å². The minimum absolute atomic E-state index is 0.0245. The summed E-state index contributed by atoms with van der Waals surface area (Å²) in [6, 6.07) is 2.23. The number of carbonyl (C=O) groups is 2. The Labute approximate surface area is 115 Å². The van der Waals surface area contributed by atoms with Crippen LogP contribution in [-0.2, 0) is 20.9 Å². The minimum atomic E-state index is -0.880. The molecule has 1 amide bonds. The van der Waals surface area contributed by atoms with Crippen molar-refractivity contribution in [3.05, 3.63) is 35.4 Å². The predicted octanol–water partition coefficient (Wildman–Crippen LogP) is 0.732. The van der Waals surface area contributed by atoms with Gasteiger partial charge in [-0.2, -0.15) is 0 Å². The Morgan fingerprint density at radius 3 is 2.65 bits per heavy atom. The first-order valence-electron chi connectivity index (χ1n) is 5.93. The third kappa shape index (κ3) is 4.93. The van der Waals surface area contributed by atoms with Gasteiger partial charge in [-0.05, 0) is 18.2 Å². The van der Waals surface area contributed by atoms with Gasteiger partial charge in [0.1, 0.15) is 17.7 Å². The van der Waals surface area contributed by atoms with Crippen molar-refractivity contribution in [2.75, 3.05) is 13.7 Å². The number of halogens is 2. The summed E-state index contributed by atoms with van der Waals surface area (Å²) in [6.45, 7) is 1.33. The number of amides is 1. The largest absolute Gasteiger partial charge is 0.467 e. The second-order valence-corrected chi connectivity index (χ2v) is 4.14. The van der Waals surface area contributed by atoms with Gasteiger partial charge in [0.05, 0.1) is 7.11 Å². The molecule has 0 bridgehead atoms. The number of rotatable bonds is 6. The average Bonchev–Trinajstić information content (AvgIpc) is 2.40. The minimum Gasteiger partial charge on any atom is -0.467 e. The van der Waals surface area contributed by atoms with Crippen molar-refractivity contribution >= 4 is 11.9 Å². The number of esters is 1. The van der Waals surface area contributed by atoms with Gasteiger partial charge in [-0.15, -0.1) is 0 Å². The number of benzene rings is 1. The Hall–Kier alpha value is -2.02. The second kappa shape index (κ2) is 7.54. The van der Waals surface area contributed by atoms with E-state index in [1.165, 1.54) is 14.0 Å². The van der Waals surface area contributed by atoms with E-state index in [-0.39, 0.29) is 24.6 Å². The van der Waals surface area contributed by atoms with Gasteiger partial charge in [0.25, 0.3) is 0 Å². The summed E-state index contributed by atoms with van der Waals surface area (Å²) in [5.74, 6) is -2.10. The van der Waals surface area contributed by atoms with Crippen molar-refractivity contribution in [1.82, 2.24) is 10.6 Å². The predicted molar refractivity (Wildman–Crippen MR) is 67.7 cm³/mol. The average molecular weight is 286 g/mol. The highest BCUT2D eigenvalue weighted by Crippen LogP contribution is 2.09. The van der Waals surface area contributed by atoms with Crippen LogP contribution in [-0.4, -0.2) is 31.6 Å². The maximum Gasteiger partial charge on any atom is 0.329 e. The molecular weight excluding hydrogens is 270 g/mol. The van der Waals surface area contributed by atoms with Gasteiger partial charge in [-0.3, -0.25) is 4.79 Å². The molecule has 1 rings (SSSR count). The Bertz CT molecular complexity index is 495. The number of ether oxygens (including phenoxy) is 1. The first-order valence-corrected chi connectivity index (χ1v) is 5.93. The van der Waals surface area contributed by atoms with Crippen LogP contribution < -0.4 is 10.6 Å². The molecule has 0 saturated heterocycles. The first-order chi connectivity index (χ1) is 9.43. The Kier molecular flexibility index (Phi) is 6.05. The zero-order valence-electron chi connectivity index (χ0n) is 11.2. The quantitative estimate of drug-likeness (QED) is 0.757. The summed E-state index contributed by atoms with van der Waals surface area (Å²) >= 11 is 0.